The topological polar surface area (TPSA) is 107 Å². The number of nitrogens with zero attached hydrogens (tertiary/aromatic N) is 6. The van der Waals surface area contributed by atoms with Crippen molar-refractivity contribution in [2.45, 2.75) is 0 Å². The zero-order chi connectivity index (χ0) is 22.1. The number of carbonyl (C=O) groups excluding carboxylic acids is 1. The second-order valence-corrected chi connectivity index (χ2v) is 7.12. The van der Waals surface area contributed by atoms with Crippen molar-refractivity contribution < 1.29 is 4.79 Å². The molecule has 0 saturated carbocycles. The van der Waals surface area contributed by atoms with E-state index in [2.05, 4.69) is 25.6 Å². The summed E-state index contributed by atoms with van der Waals surface area (Å²) in [5.74, 6) is 0.169. The van der Waals surface area contributed by atoms with Gasteiger partial charge in [-0.3, -0.25) is 14.6 Å². The summed E-state index contributed by atoms with van der Waals surface area (Å²) in [6.45, 7) is 0. The Labute approximate surface area is 182 Å². The quantitative estimate of drug-likeness (QED) is 0.476. The fourth-order valence-electron chi connectivity index (χ4n) is 3.32. The minimum absolute atomic E-state index is 0.0856. The number of nitrogens with one attached hydrogen (secondary N) is 1. The number of rotatable bonds is 4. The Morgan fingerprint density at radius 3 is 2.47 bits per heavy atom. The van der Waals surface area contributed by atoms with E-state index in [0.717, 1.165) is 16.8 Å². The lowest BCUT2D eigenvalue weighted by molar-refractivity contribution is 0.102. The molecule has 1 aromatic carbocycles. The summed E-state index contributed by atoms with van der Waals surface area (Å²) in [6.07, 6.45) is 4.99. The Kier molecular flexibility index (Phi) is 4.75. The number of pyridine rings is 2. The highest BCUT2D eigenvalue weighted by molar-refractivity contribution is 6.04. The molecule has 9 nitrogen and oxygen atoms in total. The third-order valence-corrected chi connectivity index (χ3v) is 5.01. The minimum atomic E-state index is -0.454. The van der Waals surface area contributed by atoms with Crippen LogP contribution >= 0.6 is 0 Å². The molecule has 1 amide bonds. The molecule has 4 heterocycles. The van der Waals surface area contributed by atoms with Crippen LogP contribution in [0.4, 0.5) is 5.69 Å². The van der Waals surface area contributed by atoms with Crippen LogP contribution < -0.4 is 10.9 Å². The van der Waals surface area contributed by atoms with Gasteiger partial charge in [-0.2, -0.15) is 9.61 Å². The van der Waals surface area contributed by atoms with Crippen molar-refractivity contribution in [1.29, 1.82) is 0 Å². The minimum Gasteiger partial charge on any atom is -0.322 e. The van der Waals surface area contributed by atoms with E-state index in [1.165, 1.54) is 10.6 Å². The predicted octanol–water partition coefficient (Wildman–Crippen LogP) is 2.80. The van der Waals surface area contributed by atoms with Gasteiger partial charge in [0.2, 0.25) is 0 Å². The number of carbonyl (C=O) groups is 1. The van der Waals surface area contributed by atoms with Crippen LogP contribution in [0, 0.1) is 0 Å². The third-order valence-electron chi connectivity index (χ3n) is 5.01. The lowest BCUT2D eigenvalue weighted by atomic mass is 10.1. The van der Waals surface area contributed by atoms with Crippen molar-refractivity contribution >= 4 is 17.2 Å². The summed E-state index contributed by atoms with van der Waals surface area (Å²) >= 11 is 0. The van der Waals surface area contributed by atoms with E-state index >= 15 is 0 Å². The lowest BCUT2D eigenvalue weighted by Gasteiger charge is -2.07. The van der Waals surface area contributed by atoms with Crippen LogP contribution in [0.1, 0.15) is 10.4 Å². The zero-order valence-corrected chi connectivity index (χ0v) is 17.0. The molecule has 0 aliphatic carbocycles. The normalized spacial score (nSPS) is 10.9. The van der Waals surface area contributed by atoms with Gasteiger partial charge in [0.1, 0.15) is 5.56 Å². The maximum Gasteiger partial charge on any atom is 0.263 e. The summed E-state index contributed by atoms with van der Waals surface area (Å²) in [5, 5.41) is 15.8. The summed E-state index contributed by atoms with van der Waals surface area (Å²) < 4.78 is 3.05. The molecule has 9 heteroatoms. The maximum absolute atomic E-state index is 12.5. The molecule has 0 radical (unpaired) electrons. The fraction of sp³-hybridized carbons (Fsp3) is 0.0435. The first-order chi connectivity index (χ1) is 15.6. The highest BCUT2D eigenvalue weighted by atomic mass is 16.2. The molecule has 0 saturated heterocycles. The Morgan fingerprint density at radius 2 is 1.69 bits per heavy atom. The van der Waals surface area contributed by atoms with E-state index in [1.807, 2.05) is 36.4 Å². The SMILES string of the molecule is Cn1cccc(C(=O)Nc2ccc(-c3ccc4nnc(-c5ccncc5)n4n3)cc2)c1=O. The molecule has 32 heavy (non-hydrogen) atoms. The van der Waals surface area contributed by atoms with Crippen molar-refractivity contribution in [3.63, 3.8) is 0 Å². The van der Waals surface area contributed by atoms with Crippen molar-refractivity contribution in [2.75, 3.05) is 5.32 Å². The van der Waals surface area contributed by atoms with Crippen LogP contribution in [0.5, 0.6) is 0 Å². The standard InChI is InChI=1S/C23H17N7O2/c1-29-14-2-3-18(23(29)32)22(31)25-17-6-4-15(5-7-17)19-8-9-20-26-27-21(30(20)28-19)16-10-12-24-13-11-16/h2-14H,1H3,(H,25,31). The molecule has 0 bridgehead atoms. The van der Waals surface area contributed by atoms with Gasteiger partial charge in [0.25, 0.3) is 11.5 Å². The molecule has 0 aliphatic heterocycles. The molecule has 0 aliphatic rings. The van der Waals surface area contributed by atoms with Gasteiger partial charge in [-0.25, -0.2) is 0 Å². The second-order valence-electron chi connectivity index (χ2n) is 7.12. The first kappa shape index (κ1) is 19.3. The van der Waals surface area contributed by atoms with E-state index in [-0.39, 0.29) is 11.1 Å². The van der Waals surface area contributed by atoms with Gasteiger partial charge in [-0.15, -0.1) is 10.2 Å². The number of hydrogen-bond acceptors (Lipinski definition) is 6. The molecular formula is C23H17N7O2. The predicted molar refractivity (Wildman–Crippen MR) is 119 cm³/mol. The van der Waals surface area contributed by atoms with Crippen molar-refractivity contribution in [1.82, 2.24) is 29.4 Å². The lowest BCUT2D eigenvalue weighted by Crippen LogP contribution is -2.26. The summed E-state index contributed by atoms with van der Waals surface area (Å²) in [6, 6.07) is 17.8. The number of aryl methyl sites for hydroxylation is 1. The zero-order valence-electron chi connectivity index (χ0n) is 17.0. The second kappa shape index (κ2) is 7.88. The maximum atomic E-state index is 12.5. The Hall–Kier alpha value is -4.66. The monoisotopic (exact) mass is 423 g/mol. The van der Waals surface area contributed by atoms with Gasteiger partial charge in [0, 0.05) is 42.5 Å². The number of benzene rings is 1. The van der Waals surface area contributed by atoms with Crippen LogP contribution in [0.2, 0.25) is 0 Å². The molecule has 1 N–H and O–H groups in total. The van der Waals surface area contributed by atoms with E-state index in [4.69, 9.17) is 0 Å². The average molecular weight is 423 g/mol. The molecular weight excluding hydrogens is 406 g/mol. The van der Waals surface area contributed by atoms with E-state index in [1.54, 1.807) is 48.4 Å². The van der Waals surface area contributed by atoms with E-state index in [9.17, 15) is 9.59 Å². The number of fused-ring (bicyclic) bond motifs is 1. The molecule has 0 spiro atoms. The molecule has 5 aromatic rings. The summed E-state index contributed by atoms with van der Waals surface area (Å²) in [4.78, 5) is 28.6. The van der Waals surface area contributed by atoms with Gasteiger partial charge in [0.15, 0.2) is 11.5 Å². The number of anilines is 1. The summed E-state index contributed by atoms with van der Waals surface area (Å²) in [7, 11) is 1.60. The van der Waals surface area contributed by atoms with Crippen LogP contribution in [-0.4, -0.2) is 35.3 Å². The first-order valence-corrected chi connectivity index (χ1v) is 9.80. The van der Waals surface area contributed by atoms with E-state index < -0.39 is 5.91 Å². The smallest absolute Gasteiger partial charge is 0.263 e. The number of aromatic nitrogens is 6. The highest BCUT2D eigenvalue weighted by Crippen LogP contribution is 2.22. The molecule has 0 fully saturated rings. The van der Waals surface area contributed by atoms with Gasteiger partial charge in [-0.1, -0.05) is 12.1 Å². The van der Waals surface area contributed by atoms with Gasteiger partial charge in [0.05, 0.1) is 5.69 Å². The first-order valence-electron chi connectivity index (χ1n) is 9.80. The van der Waals surface area contributed by atoms with Crippen LogP contribution in [0.25, 0.3) is 28.3 Å². The molecule has 0 atom stereocenters. The number of hydrogen-bond donors (Lipinski definition) is 1. The molecule has 0 unspecified atom stereocenters. The average Bonchev–Trinajstić information content (AvgIpc) is 3.25. The summed E-state index contributed by atoms with van der Waals surface area (Å²) in [5.41, 5.74) is 3.39. The fourth-order valence-corrected chi connectivity index (χ4v) is 3.32. The highest BCUT2D eigenvalue weighted by Gasteiger charge is 2.13. The third kappa shape index (κ3) is 3.52. The van der Waals surface area contributed by atoms with E-state index in [0.29, 0.717) is 17.2 Å². The van der Waals surface area contributed by atoms with Gasteiger partial charge >= 0.3 is 0 Å². The van der Waals surface area contributed by atoms with Crippen molar-refractivity contribution in [3.05, 3.63) is 95.2 Å². The molecule has 5 rings (SSSR count). The van der Waals surface area contributed by atoms with Crippen molar-refractivity contribution in [2.24, 2.45) is 7.05 Å². The Bertz CT molecular complexity index is 1490. The number of amides is 1. The largest absolute Gasteiger partial charge is 0.322 e. The van der Waals surface area contributed by atoms with Gasteiger partial charge in [-0.05, 0) is 48.5 Å². The van der Waals surface area contributed by atoms with Crippen molar-refractivity contribution in [3.8, 4) is 22.6 Å². The Morgan fingerprint density at radius 1 is 0.906 bits per heavy atom. The van der Waals surface area contributed by atoms with Crippen LogP contribution in [-0.2, 0) is 7.05 Å². The van der Waals surface area contributed by atoms with Crippen LogP contribution in [0.15, 0.2) is 84.0 Å². The molecule has 156 valence electrons. The van der Waals surface area contributed by atoms with Gasteiger partial charge < -0.3 is 9.88 Å². The molecule has 4 aromatic heterocycles. The Balaban J connectivity index is 1.42. The van der Waals surface area contributed by atoms with Crippen LogP contribution in [0.3, 0.4) is 0 Å².